The van der Waals surface area contributed by atoms with E-state index < -0.39 is 0 Å². The summed E-state index contributed by atoms with van der Waals surface area (Å²) in [6.45, 7) is 0. The van der Waals surface area contributed by atoms with Gasteiger partial charge < -0.3 is 10.6 Å². The third kappa shape index (κ3) is 4.20. The van der Waals surface area contributed by atoms with E-state index in [4.69, 9.17) is 0 Å². The number of pyridine rings is 1. The summed E-state index contributed by atoms with van der Waals surface area (Å²) in [5, 5.41) is 5.75. The molecule has 0 unspecified atom stereocenters. The van der Waals surface area contributed by atoms with Crippen molar-refractivity contribution in [3.05, 3.63) is 58.3 Å². The summed E-state index contributed by atoms with van der Waals surface area (Å²) >= 11 is 3.36. The van der Waals surface area contributed by atoms with Crippen LogP contribution in [0.5, 0.6) is 0 Å². The maximum atomic E-state index is 12.3. The predicted molar refractivity (Wildman–Crippen MR) is 96.1 cm³/mol. The van der Waals surface area contributed by atoms with Crippen LogP contribution in [0.3, 0.4) is 0 Å². The second kappa shape index (κ2) is 7.57. The molecule has 3 rings (SSSR count). The molecule has 1 heterocycles. The van der Waals surface area contributed by atoms with E-state index in [1.165, 1.54) is 0 Å². The lowest BCUT2D eigenvalue weighted by molar-refractivity contribution is 0.0932. The van der Waals surface area contributed by atoms with Crippen LogP contribution in [0.4, 0.5) is 5.69 Å². The van der Waals surface area contributed by atoms with Gasteiger partial charge in [-0.3, -0.25) is 9.59 Å². The lowest BCUT2D eigenvalue weighted by atomic mass is 10.2. The normalized spacial score (nSPS) is 14.4. The molecule has 2 amide bonds. The molecule has 1 aliphatic carbocycles. The van der Waals surface area contributed by atoms with Crippen LogP contribution in [0.1, 0.15) is 46.7 Å². The van der Waals surface area contributed by atoms with E-state index in [2.05, 4.69) is 31.5 Å². The van der Waals surface area contributed by atoms with Crippen molar-refractivity contribution in [3.8, 4) is 0 Å². The smallest absolute Gasteiger partial charge is 0.274 e. The molecule has 0 radical (unpaired) electrons. The Morgan fingerprint density at radius 3 is 2.38 bits per heavy atom. The first-order valence-electron chi connectivity index (χ1n) is 7.96. The van der Waals surface area contributed by atoms with E-state index in [1.807, 2.05) is 12.1 Å². The molecule has 5 nitrogen and oxygen atoms in total. The number of amides is 2. The first kappa shape index (κ1) is 16.6. The van der Waals surface area contributed by atoms with Gasteiger partial charge in [-0.2, -0.15) is 0 Å². The van der Waals surface area contributed by atoms with Gasteiger partial charge in [-0.05, 0) is 43.2 Å². The number of nitrogens with one attached hydrogen (secondary N) is 2. The highest BCUT2D eigenvalue weighted by Crippen LogP contribution is 2.18. The van der Waals surface area contributed by atoms with Gasteiger partial charge in [0, 0.05) is 16.2 Å². The van der Waals surface area contributed by atoms with Gasteiger partial charge in [0.2, 0.25) is 0 Å². The van der Waals surface area contributed by atoms with E-state index in [-0.39, 0.29) is 29.2 Å². The van der Waals surface area contributed by atoms with Crippen LogP contribution in [-0.2, 0) is 0 Å². The standard InChI is InChI=1S/C18H18BrN3O2/c19-12-5-3-8-14(11-12)21-18(24)16-10-4-9-15(22-16)17(23)20-13-6-1-2-7-13/h3-5,8-11,13H,1-2,6-7H2,(H,20,23)(H,21,24). The first-order chi connectivity index (χ1) is 11.6. The van der Waals surface area contributed by atoms with E-state index in [1.54, 1.807) is 30.3 Å². The Kier molecular flexibility index (Phi) is 5.25. The molecule has 1 saturated carbocycles. The highest BCUT2D eigenvalue weighted by molar-refractivity contribution is 9.10. The van der Waals surface area contributed by atoms with Gasteiger partial charge in [0.05, 0.1) is 0 Å². The Morgan fingerprint density at radius 1 is 1.00 bits per heavy atom. The molecule has 0 aliphatic heterocycles. The fourth-order valence-electron chi connectivity index (χ4n) is 2.78. The van der Waals surface area contributed by atoms with Crippen molar-refractivity contribution in [2.24, 2.45) is 0 Å². The summed E-state index contributed by atoms with van der Waals surface area (Å²) in [7, 11) is 0. The monoisotopic (exact) mass is 387 g/mol. The summed E-state index contributed by atoms with van der Waals surface area (Å²) < 4.78 is 0.873. The van der Waals surface area contributed by atoms with Gasteiger partial charge in [0.15, 0.2) is 0 Å². The molecule has 1 fully saturated rings. The zero-order valence-electron chi connectivity index (χ0n) is 13.1. The molecule has 2 N–H and O–H groups in total. The van der Waals surface area contributed by atoms with Crippen molar-refractivity contribution in [2.75, 3.05) is 5.32 Å². The number of halogens is 1. The van der Waals surface area contributed by atoms with Gasteiger partial charge in [0.1, 0.15) is 11.4 Å². The number of aromatic nitrogens is 1. The molecule has 1 aromatic heterocycles. The Balaban J connectivity index is 1.69. The minimum Gasteiger partial charge on any atom is -0.348 e. The molecule has 0 spiro atoms. The minimum absolute atomic E-state index is 0.217. The molecular formula is C18H18BrN3O2. The summed E-state index contributed by atoms with van der Waals surface area (Å²) in [5.74, 6) is -0.567. The zero-order chi connectivity index (χ0) is 16.9. The van der Waals surface area contributed by atoms with E-state index in [0.717, 1.165) is 30.2 Å². The number of anilines is 1. The molecule has 0 atom stereocenters. The average Bonchev–Trinajstić information content (AvgIpc) is 3.08. The SMILES string of the molecule is O=C(Nc1cccc(Br)c1)c1cccc(C(=O)NC2CCCC2)n1. The number of carbonyl (C=O) groups is 2. The van der Waals surface area contributed by atoms with Crippen molar-refractivity contribution >= 4 is 33.4 Å². The Bertz CT molecular complexity index is 757. The fraction of sp³-hybridized carbons (Fsp3) is 0.278. The number of hydrogen-bond donors (Lipinski definition) is 2. The Morgan fingerprint density at radius 2 is 1.67 bits per heavy atom. The van der Waals surface area contributed by atoms with Crippen LogP contribution < -0.4 is 10.6 Å². The zero-order valence-corrected chi connectivity index (χ0v) is 14.7. The summed E-state index contributed by atoms with van der Waals surface area (Å²) in [5.41, 5.74) is 1.15. The quantitative estimate of drug-likeness (QED) is 0.838. The van der Waals surface area contributed by atoms with Gasteiger partial charge in [0.25, 0.3) is 11.8 Å². The second-order valence-electron chi connectivity index (χ2n) is 5.83. The van der Waals surface area contributed by atoms with E-state index in [0.29, 0.717) is 5.69 Å². The maximum absolute atomic E-state index is 12.3. The van der Waals surface area contributed by atoms with Crippen LogP contribution in [-0.4, -0.2) is 22.8 Å². The Labute approximate surface area is 149 Å². The molecule has 0 bridgehead atoms. The van der Waals surface area contributed by atoms with E-state index >= 15 is 0 Å². The van der Waals surface area contributed by atoms with Crippen LogP contribution in [0, 0.1) is 0 Å². The number of rotatable bonds is 4. The summed E-state index contributed by atoms with van der Waals surface area (Å²) in [6.07, 6.45) is 4.31. The van der Waals surface area contributed by atoms with Gasteiger partial charge in [-0.25, -0.2) is 4.98 Å². The third-order valence-corrected chi connectivity index (χ3v) is 4.48. The number of benzene rings is 1. The molecule has 0 saturated heterocycles. The van der Waals surface area contributed by atoms with Crippen molar-refractivity contribution in [2.45, 2.75) is 31.7 Å². The maximum Gasteiger partial charge on any atom is 0.274 e. The Hall–Kier alpha value is -2.21. The largest absolute Gasteiger partial charge is 0.348 e. The molecule has 1 aromatic carbocycles. The average molecular weight is 388 g/mol. The molecule has 124 valence electrons. The van der Waals surface area contributed by atoms with Crippen molar-refractivity contribution in [1.82, 2.24) is 10.3 Å². The molecule has 24 heavy (non-hydrogen) atoms. The third-order valence-electron chi connectivity index (χ3n) is 3.99. The predicted octanol–water partition coefficient (Wildman–Crippen LogP) is 3.77. The highest BCUT2D eigenvalue weighted by Gasteiger charge is 2.19. The number of hydrogen-bond acceptors (Lipinski definition) is 3. The lowest BCUT2D eigenvalue weighted by Gasteiger charge is -2.12. The first-order valence-corrected chi connectivity index (χ1v) is 8.76. The summed E-state index contributed by atoms with van der Waals surface area (Å²) in [4.78, 5) is 28.8. The lowest BCUT2D eigenvalue weighted by Crippen LogP contribution is -2.33. The highest BCUT2D eigenvalue weighted by atomic mass is 79.9. The van der Waals surface area contributed by atoms with Crippen LogP contribution >= 0.6 is 15.9 Å². The molecular weight excluding hydrogens is 370 g/mol. The van der Waals surface area contributed by atoms with Crippen molar-refractivity contribution < 1.29 is 9.59 Å². The van der Waals surface area contributed by atoms with E-state index in [9.17, 15) is 9.59 Å². The fourth-order valence-corrected chi connectivity index (χ4v) is 3.18. The minimum atomic E-state index is -0.344. The van der Waals surface area contributed by atoms with Crippen molar-refractivity contribution in [1.29, 1.82) is 0 Å². The van der Waals surface area contributed by atoms with Gasteiger partial charge in [-0.1, -0.05) is 40.9 Å². The molecule has 2 aromatic rings. The summed E-state index contributed by atoms with van der Waals surface area (Å²) in [6, 6.07) is 12.4. The molecule has 6 heteroatoms. The number of carbonyl (C=O) groups excluding carboxylic acids is 2. The van der Waals surface area contributed by atoms with Crippen LogP contribution in [0.15, 0.2) is 46.9 Å². The van der Waals surface area contributed by atoms with Gasteiger partial charge >= 0.3 is 0 Å². The van der Waals surface area contributed by atoms with Crippen molar-refractivity contribution in [3.63, 3.8) is 0 Å². The van der Waals surface area contributed by atoms with Crippen LogP contribution in [0.2, 0.25) is 0 Å². The second-order valence-corrected chi connectivity index (χ2v) is 6.74. The van der Waals surface area contributed by atoms with Gasteiger partial charge in [-0.15, -0.1) is 0 Å². The topological polar surface area (TPSA) is 71.1 Å². The number of nitrogens with zero attached hydrogens (tertiary/aromatic N) is 1. The van der Waals surface area contributed by atoms with Crippen LogP contribution in [0.25, 0.3) is 0 Å². The molecule has 1 aliphatic rings.